The van der Waals surface area contributed by atoms with E-state index in [0.29, 0.717) is 11.6 Å². The van der Waals surface area contributed by atoms with Crippen LogP contribution in [0.25, 0.3) is 0 Å². The second kappa shape index (κ2) is 3.98. The highest BCUT2D eigenvalue weighted by atomic mass is 19.1. The van der Waals surface area contributed by atoms with Crippen LogP contribution in [0.2, 0.25) is 0 Å². The Morgan fingerprint density at radius 3 is 2.84 bits per heavy atom. The maximum Gasteiger partial charge on any atom is 0.299 e. The summed E-state index contributed by atoms with van der Waals surface area (Å²) in [7, 11) is 0. The van der Waals surface area contributed by atoms with Crippen LogP contribution in [0.5, 0.6) is 0 Å². The maximum atomic E-state index is 13.1. The molecule has 0 bridgehead atoms. The summed E-state index contributed by atoms with van der Waals surface area (Å²) in [5.41, 5.74) is 0.420. The monoisotopic (exact) mass is 261 g/mol. The van der Waals surface area contributed by atoms with Gasteiger partial charge in [0.15, 0.2) is 5.82 Å². The van der Waals surface area contributed by atoms with Gasteiger partial charge < -0.3 is 4.52 Å². The summed E-state index contributed by atoms with van der Waals surface area (Å²) in [6.45, 7) is 1.64. The van der Waals surface area contributed by atoms with Gasteiger partial charge in [-0.3, -0.25) is 14.5 Å². The van der Waals surface area contributed by atoms with E-state index in [1.807, 2.05) is 0 Å². The lowest BCUT2D eigenvalue weighted by atomic mass is 10.1. The first kappa shape index (κ1) is 11.5. The number of aromatic nitrogens is 2. The molecule has 1 amide bonds. The van der Waals surface area contributed by atoms with Crippen LogP contribution in [0, 0.1) is 12.7 Å². The van der Waals surface area contributed by atoms with Crippen molar-refractivity contribution in [1.82, 2.24) is 10.1 Å². The van der Waals surface area contributed by atoms with Gasteiger partial charge in [-0.15, -0.1) is 0 Å². The molecule has 0 unspecified atom stereocenters. The normalized spacial score (nSPS) is 14.1. The lowest BCUT2D eigenvalue weighted by Crippen LogP contribution is -2.29. The van der Waals surface area contributed by atoms with Crippen LogP contribution >= 0.6 is 0 Å². The number of Topliss-reactive ketones (excluding diaryl/α,β-unsaturated/α-hetero) is 1. The van der Waals surface area contributed by atoms with Crippen LogP contribution in [-0.2, 0) is 11.3 Å². The van der Waals surface area contributed by atoms with Gasteiger partial charge in [-0.05, 0) is 18.2 Å². The van der Waals surface area contributed by atoms with Crippen LogP contribution in [0.1, 0.15) is 22.1 Å². The molecule has 1 aromatic heterocycles. The fourth-order valence-corrected chi connectivity index (χ4v) is 1.98. The zero-order chi connectivity index (χ0) is 13.6. The number of hydrogen-bond donors (Lipinski definition) is 0. The lowest BCUT2D eigenvalue weighted by molar-refractivity contribution is -0.114. The van der Waals surface area contributed by atoms with Crippen LogP contribution in [0.15, 0.2) is 22.7 Å². The second-order valence-corrected chi connectivity index (χ2v) is 4.11. The van der Waals surface area contributed by atoms with Gasteiger partial charge in [-0.1, -0.05) is 5.16 Å². The third kappa shape index (κ3) is 1.79. The Labute approximate surface area is 106 Å². The fraction of sp³-hybridized carbons (Fsp3) is 0.167. The number of aryl methyl sites for hydroxylation is 1. The first-order valence-corrected chi connectivity index (χ1v) is 5.51. The Kier molecular flexibility index (Phi) is 2.41. The number of halogens is 1. The van der Waals surface area contributed by atoms with Crippen molar-refractivity contribution < 1.29 is 18.5 Å². The van der Waals surface area contributed by atoms with Gasteiger partial charge in [0.1, 0.15) is 5.82 Å². The highest BCUT2D eigenvalue weighted by molar-refractivity contribution is 6.52. The van der Waals surface area contributed by atoms with Gasteiger partial charge in [0.25, 0.3) is 11.7 Å². The predicted molar refractivity (Wildman–Crippen MR) is 61.0 cm³/mol. The smallest absolute Gasteiger partial charge is 0.299 e. The van der Waals surface area contributed by atoms with Crippen molar-refractivity contribution in [1.29, 1.82) is 0 Å². The number of rotatable bonds is 2. The van der Waals surface area contributed by atoms with E-state index in [1.165, 1.54) is 17.0 Å². The molecular weight excluding hydrogens is 253 g/mol. The molecule has 0 radical (unpaired) electrons. The minimum Gasteiger partial charge on any atom is -0.340 e. The molecule has 0 aliphatic carbocycles. The topological polar surface area (TPSA) is 76.3 Å². The molecule has 0 fully saturated rings. The molecule has 3 rings (SSSR count). The number of carbonyl (C=O) groups excluding carboxylic acids is 2. The van der Waals surface area contributed by atoms with Crippen molar-refractivity contribution >= 4 is 17.4 Å². The van der Waals surface area contributed by atoms with Crippen molar-refractivity contribution in [2.24, 2.45) is 0 Å². The molecular formula is C12H8FN3O3. The number of benzene rings is 1. The molecule has 0 saturated heterocycles. The minimum atomic E-state index is -0.727. The SMILES string of the molecule is Cc1nc(CN2C(=O)C(=O)c3cc(F)ccc32)no1. The quantitative estimate of drug-likeness (QED) is 0.760. The molecule has 19 heavy (non-hydrogen) atoms. The fourth-order valence-electron chi connectivity index (χ4n) is 1.98. The molecule has 1 aromatic carbocycles. The van der Waals surface area contributed by atoms with Gasteiger partial charge in [0, 0.05) is 6.92 Å². The van der Waals surface area contributed by atoms with E-state index in [9.17, 15) is 14.0 Å². The summed E-state index contributed by atoms with van der Waals surface area (Å²) in [6.07, 6.45) is 0. The first-order chi connectivity index (χ1) is 9.06. The summed E-state index contributed by atoms with van der Waals surface area (Å²) < 4.78 is 17.9. The lowest BCUT2D eigenvalue weighted by Gasteiger charge is -2.13. The Bertz CT molecular complexity index is 695. The van der Waals surface area contributed by atoms with Crippen LogP contribution in [0.4, 0.5) is 10.1 Å². The van der Waals surface area contributed by atoms with Gasteiger partial charge in [0.05, 0.1) is 17.8 Å². The number of fused-ring (bicyclic) bond motifs is 1. The average molecular weight is 261 g/mol. The molecule has 96 valence electrons. The number of anilines is 1. The number of hydrogen-bond acceptors (Lipinski definition) is 5. The standard InChI is InChI=1S/C12H8FN3O3/c1-6-14-10(15-19-6)5-16-9-3-2-7(13)4-8(9)11(17)12(16)18/h2-4H,5H2,1H3. The zero-order valence-electron chi connectivity index (χ0n) is 9.88. The minimum absolute atomic E-state index is 0.0144. The largest absolute Gasteiger partial charge is 0.340 e. The average Bonchev–Trinajstić information content (AvgIpc) is 2.88. The summed E-state index contributed by atoms with van der Waals surface area (Å²) in [6, 6.07) is 3.64. The number of ketones is 1. The maximum absolute atomic E-state index is 13.1. The molecule has 7 heteroatoms. The van der Waals surface area contributed by atoms with E-state index in [1.54, 1.807) is 6.92 Å². The number of carbonyl (C=O) groups is 2. The van der Waals surface area contributed by atoms with Gasteiger partial charge >= 0.3 is 0 Å². The van der Waals surface area contributed by atoms with E-state index in [4.69, 9.17) is 4.52 Å². The predicted octanol–water partition coefficient (Wildman–Crippen LogP) is 1.25. The third-order valence-corrected chi connectivity index (χ3v) is 2.80. The Hall–Kier alpha value is -2.57. The van der Waals surface area contributed by atoms with Gasteiger partial charge in [0.2, 0.25) is 5.89 Å². The van der Waals surface area contributed by atoms with Crippen LogP contribution in [-0.4, -0.2) is 21.8 Å². The Morgan fingerprint density at radius 1 is 1.37 bits per heavy atom. The molecule has 0 N–H and O–H groups in total. The second-order valence-electron chi connectivity index (χ2n) is 4.11. The molecule has 0 atom stereocenters. The summed E-state index contributed by atoms with van der Waals surface area (Å²) in [4.78, 5) is 28.8. The summed E-state index contributed by atoms with van der Waals surface area (Å²) >= 11 is 0. The summed E-state index contributed by atoms with van der Waals surface area (Å²) in [5.74, 6) is -1.35. The van der Waals surface area contributed by atoms with Crippen molar-refractivity contribution in [3.8, 4) is 0 Å². The molecule has 0 spiro atoms. The van der Waals surface area contributed by atoms with Crippen molar-refractivity contribution in [2.75, 3.05) is 4.90 Å². The molecule has 2 aromatic rings. The Morgan fingerprint density at radius 2 is 2.16 bits per heavy atom. The van der Waals surface area contributed by atoms with Crippen molar-refractivity contribution in [3.05, 3.63) is 41.3 Å². The van der Waals surface area contributed by atoms with E-state index in [0.717, 1.165) is 6.07 Å². The Balaban J connectivity index is 1.99. The highest BCUT2D eigenvalue weighted by Gasteiger charge is 2.36. The molecule has 2 heterocycles. The third-order valence-electron chi connectivity index (χ3n) is 2.80. The van der Waals surface area contributed by atoms with Crippen molar-refractivity contribution in [2.45, 2.75) is 13.5 Å². The number of nitrogens with zero attached hydrogens (tertiary/aromatic N) is 3. The van der Waals surface area contributed by atoms with E-state index >= 15 is 0 Å². The first-order valence-electron chi connectivity index (χ1n) is 5.51. The highest BCUT2D eigenvalue weighted by Crippen LogP contribution is 2.30. The van der Waals surface area contributed by atoms with Crippen molar-refractivity contribution in [3.63, 3.8) is 0 Å². The van der Waals surface area contributed by atoms with E-state index < -0.39 is 17.5 Å². The van der Waals surface area contributed by atoms with E-state index in [2.05, 4.69) is 10.1 Å². The molecule has 6 nitrogen and oxygen atoms in total. The van der Waals surface area contributed by atoms with Crippen LogP contribution in [0.3, 0.4) is 0 Å². The zero-order valence-corrected chi connectivity index (χ0v) is 9.88. The van der Waals surface area contributed by atoms with Gasteiger partial charge in [-0.25, -0.2) is 4.39 Å². The van der Waals surface area contributed by atoms with E-state index in [-0.39, 0.29) is 17.9 Å². The molecule has 0 saturated carbocycles. The van der Waals surface area contributed by atoms with Gasteiger partial charge in [-0.2, -0.15) is 4.98 Å². The summed E-state index contributed by atoms with van der Waals surface area (Å²) in [5, 5.41) is 3.66. The number of amides is 1. The van der Waals surface area contributed by atoms with Crippen LogP contribution < -0.4 is 4.90 Å². The molecule has 1 aliphatic rings. The molecule has 1 aliphatic heterocycles.